The van der Waals surface area contributed by atoms with Gasteiger partial charge in [0.2, 0.25) is 5.71 Å². The lowest BCUT2D eigenvalue weighted by molar-refractivity contribution is -0.742. The molecule has 1 aliphatic heterocycles. The van der Waals surface area contributed by atoms with E-state index >= 15 is 0 Å². The number of carbonyl (C=O) groups excluding carboxylic acids is 1. The highest BCUT2D eigenvalue weighted by Gasteiger charge is 2.40. The highest BCUT2D eigenvalue weighted by Crippen LogP contribution is 2.25. The molecule has 5 heteroatoms. The van der Waals surface area contributed by atoms with Crippen molar-refractivity contribution in [2.45, 2.75) is 6.92 Å². The summed E-state index contributed by atoms with van der Waals surface area (Å²) in [5, 5.41) is 14.6. The molecule has 1 amide bonds. The highest BCUT2D eigenvalue weighted by molar-refractivity contribution is 6.45. The minimum Gasteiger partial charge on any atom is -0.487 e. The monoisotopic (exact) mass is 347 g/mol. The summed E-state index contributed by atoms with van der Waals surface area (Å²) in [6.07, 6.45) is 0. The van der Waals surface area contributed by atoms with Crippen molar-refractivity contribution in [3.8, 4) is 5.75 Å². The van der Waals surface area contributed by atoms with Gasteiger partial charge in [-0.2, -0.15) is 0 Å². The van der Waals surface area contributed by atoms with Crippen LogP contribution >= 0.6 is 0 Å². The van der Waals surface area contributed by atoms with Gasteiger partial charge >= 0.3 is 5.91 Å². The maximum Gasteiger partial charge on any atom is 0.372 e. The topological polar surface area (TPSA) is 63.3 Å². The molecule has 1 atom stereocenters. The third kappa shape index (κ3) is 2.72. The fraction of sp³-hybridized carbons (Fsp3) is 0.143. The predicted molar refractivity (Wildman–Crippen MR) is 99.4 cm³/mol. The Labute approximate surface area is 151 Å². The summed E-state index contributed by atoms with van der Waals surface area (Å²) in [6, 6.07) is 19.7. The van der Waals surface area contributed by atoms with Crippen molar-refractivity contribution in [2.24, 2.45) is 5.16 Å². The van der Waals surface area contributed by atoms with E-state index in [-0.39, 0.29) is 11.6 Å². The first-order chi connectivity index (χ1) is 12.7. The number of nitrogens with one attached hydrogen (secondary N) is 1. The zero-order chi connectivity index (χ0) is 18.1. The molecule has 0 saturated carbocycles. The molecule has 0 fully saturated rings. The number of carbonyl (C=O) groups is 1. The Kier molecular flexibility index (Phi) is 4.14. The third-order valence-corrected chi connectivity index (χ3v) is 4.70. The van der Waals surface area contributed by atoms with Gasteiger partial charge in [0.25, 0.3) is 0 Å². The van der Waals surface area contributed by atoms with E-state index in [1.165, 1.54) is 0 Å². The van der Waals surface area contributed by atoms with Gasteiger partial charge in [0, 0.05) is 11.5 Å². The van der Waals surface area contributed by atoms with Crippen LogP contribution in [0.25, 0.3) is 10.8 Å². The number of hydrogen-bond donors (Lipinski definition) is 2. The van der Waals surface area contributed by atoms with E-state index in [2.05, 4.69) is 5.16 Å². The maximum atomic E-state index is 12.6. The molecule has 0 saturated heterocycles. The van der Waals surface area contributed by atoms with Crippen LogP contribution in [-0.4, -0.2) is 30.0 Å². The van der Waals surface area contributed by atoms with Crippen LogP contribution in [0.3, 0.4) is 0 Å². The SMILES string of the molecule is Cc1ccc2c(c1)C(=NO)C(=O)[NH+]2CCOc1cccc2ccccc12. The molecule has 0 radical (unpaired) electrons. The molecule has 1 heterocycles. The Balaban J connectivity index is 1.54. The Morgan fingerprint density at radius 3 is 2.73 bits per heavy atom. The molecule has 0 aromatic heterocycles. The van der Waals surface area contributed by atoms with E-state index < -0.39 is 0 Å². The number of quaternary nitrogens is 1. The first-order valence-corrected chi connectivity index (χ1v) is 8.53. The third-order valence-electron chi connectivity index (χ3n) is 4.70. The lowest BCUT2D eigenvalue weighted by Gasteiger charge is -2.13. The van der Waals surface area contributed by atoms with E-state index in [1.54, 1.807) is 0 Å². The van der Waals surface area contributed by atoms with Crippen molar-refractivity contribution in [2.75, 3.05) is 13.2 Å². The number of fused-ring (bicyclic) bond motifs is 2. The average Bonchev–Trinajstić information content (AvgIpc) is 2.92. The van der Waals surface area contributed by atoms with Gasteiger partial charge in [0.05, 0.1) is 5.56 Å². The Morgan fingerprint density at radius 1 is 1.08 bits per heavy atom. The molecule has 3 aromatic carbocycles. The maximum absolute atomic E-state index is 12.6. The second-order valence-corrected chi connectivity index (χ2v) is 6.38. The molecular formula is C21H19N2O3+. The van der Waals surface area contributed by atoms with Crippen LogP contribution in [0.5, 0.6) is 5.75 Å². The predicted octanol–water partition coefficient (Wildman–Crippen LogP) is 2.46. The summed E-state index contributed by atoms with van der Waals surface area (Å²) in [6.45, 7) is 2.78. The summed E-state index contributed by atoms with van der Waals surface area (Å²) < 4.78 is 5.96. The molecule has 1 unspecified atom stereocenters. The fourth-order valence-electron chi connectivity index (χ4n) is 3.44. The molecule has 0 spiro atoms. The van der Waals surface area contributed by atoms with Crippen LogP contribution in [-0.2, 0) is 4.79 Å². The number of benzene rings is 3. The van der Waals surface area contributed by atoms with Gasteiger partial charge in [-0.05, 0) is 30.0 Å². The van der Waals surface area contributed by atoms with Gasteiger partial charge in [-0.3, -0.25) is 0 Å². The normalized spacial score (nSPS) is 17.7. The van der Waals surface area contributed by atoms with Gasteiger partial charge in [-0.15, -0.1) is 0 Å². The fourth-order valence-corrected chi connectivity index (χ4v) is 3.44. The minimum absolute atomic E-state index is 0.115. The molecule has 0 bridgehead atoms. The zero-order valence-corrected chi connectivity index (χ0v) is 14.4. The van der Waals surface area contributed by atoms with Crippen LogP contribution in [0.4, 0.5) is 5.69 Å². The van der Waals surface area contributed by atoms with Crippen LogP contribution in [0.15, 0.2) is 65.8 Å². The molecule has 0 aliphatic carbocycles. The van der Waals surface area contributed by atoms with E-state index in [0.717, 1.165) is 27.8 Å². The van der Waals surface area contributed by atoms with E-state index in [4.69, 9.17) is 4.74 Å². The van der Waals surface area contributed by atoms with E-state index in [9.17, 15) is 10.0 Å². The lowest BCUT2D eigenvalue weighted by atomic mass is 10.1. The van der Waals surface area contributed by atoms with Gasteiger partial charge in [0.1, 0.15) is 24.6 Å². The zero-order valence-electron chi connectivity index (χ0n) is 14.4. The van der Waals surface area contributed by atoms with Crippen LogP contribution in [0.2, 0.25) is 0 Å². The van der Waals surface area contributed by atoms with Crippen LogP contribution in [0, 0.1) is 6.92 Å². The van der Waals surface area contributed by atoms with Crippen LogP contribution in [0.1, 0.15) is 11.1 Å². The molecule has 1 aliphatic rings. The minimum atomic E-state index is -0.227. The number of ether oxygens (including phenoxy) is 1. The Morgan fingerprint density at radius 2 is 1.88 bits per heavy atom. The largest absolute Gasteiger partial charge is 0.487 e. The molecule has 130 valence electrons. The van der Waals surface area contributed by atoms with Crippen molar-refractivity contribution in [3.05, 3.63) is 71.8 Å². The molecule has 3 aromatic rings. The van der Waals surface area contributed by atoms with Gasteiger partial charge in [-0.1, -0.05) is 47.6 Å². The lowest BCUT2D eigenvalue weighted by Crippen LogP contribution is -3.09. The van der Waals surface area contributed by atoms with Crippen molar-refractivity contribution < 1.29 is 19.6 Å². The number of amides is 1. The van der Waals surface area contributed by atoms with Crippen molar-refractivity contribution in [1.82, 2.24) is 0 Å². The average molecular weight is 347 g/mol. The number of rotatable bonds is 4. The molecular weight excluding hydrogens is 328 g/mol. The van der Waals surface area contributed by atoms with Gasteiger partial charge in [-0.25, -0.2) is 9.69 Å². The summed E-state index contributed by atoms with van der Waals surface area (Å²) in [4.78, 5) is 13.2. The number of oxime groups is 1. The smallest absolute Gasteiger partial charge is 0.372 e. The standard InChI is InChI=1S/C21H18N2O3/c1-14-9-10-18-17(13-14)20(22-25)21(24)23(18)11-12-26-19-8-4-6-15-5-2-3-7-16(15)19/h2-10,13,25H,11-12H2,1H3/p+1. The summed E-state index contributed by atoms with van der Waals surface area (Å²) in [5.41, 5.74) is 2.65. The summed E-state index contributed by atoms with van der Waals surface area (Å²) >= 11 is 0. The van der Waals surface area contributed by atoms with Gasteiger partial charge < -0.3 is 9.94 Å². The van der Waals surface area contributed by atoms with E-state index in [1.807, 2.05) is 67.6 Å². The first kappa shape index (κ1) is 16.3. The summed E-state index contributed by atoms with van der Waals surface area (Å²) in [5.74, 6) is 0.573. The van der Waals surface area contributed by atoms with Crippen molar-refractivity contribution >= 4 is 28.1 Å². The van der Waals surface area contributed by atoms with E-state index in [0.29, 0.717) is 23.6 Å². The number of aryl methyl sites for hydroxylation is 1. The second-order valence-electron chi connectivity index (χ2n) is 6.38. The molecule has 2 N–H and O–H groups in total. The van der Waals surface area contributed by atoms with Gasteiger partial charge in [0.15, 0.2) is 0 Å². The molecule has 5 nitrogen and oxygen atoms in total. The Bertz CT molecular complexity index is 1020. The quantitative estimate of drug-likeness (QED) is 0.563. The molecule has 4 rings (SSSR count). The number of hydrogen-bond acceptors (Lipinski definition) is 4. The second kappa shape index (κ2) is 6.61. The first-order valence-electron chi connectivity index (χ1n) is 8.53. The van der Waals surface area contributed by atoms with Crippen molar-refractivity contribution in [3.63, 3.8) is 0 Å². The number of nitrogens with zero attached hydrogens (tertiary/aromatic N) is 1. The van der Waals surface area contributed by atoms with Crippen LogP contribution < -0.4 is 9.64 Å². The Hall–Kier alpha value is -3.18. The summed E-state index contributed by atoms with van der Waals surface area (Å²) in [7, 11) is 0. The molecule has 26 heavy (non-hydrogen) atoms. The highest BCUT2D eigenvalue weighted by atomic mass is 16.5. The van der Waals surface area contributed by atoms with Crippen molar-refractivity contribution in [1.29, 1.82) is 0 Å².